The second-order valence-corrected chi connectivity index (χ2v) is 4.34. The molecular formula is C13H20N2O2. The molecule has 3 N–H and O–H groups in total. The van der Waals surface area contributed by atoms with E-state index in [0.29, 0.717) is 17.8 Å². The Balaban J connectivity index is 3.05. The van der Waals surface area contributed by atoms with Crippen LogP contribution in [0.4, 0.5) is 5.69 Å². The Hall–Kier alpha value is -1.55. The predicted octanol–water partition coefficient (Wildman–Crippen LogP) is 1.42. The second kappa shape index (κ2) is 5.68. The molecule has 1 aromatic rings. The Labute approximate surface area is 102 Å². The molecule has 0 heterocycles. The summed E-state index contributed by atoms with van der Waals surface area (Å²) in [6.07, 6.45) is 0. The van der Waals surface area contributed by atoms with Gasteiger partial charge in [0.1, 0.15) is 0 Å². The summed E-state index contributed by atoms with van der Waals surface area (Å²) in [5, 5.41) is 8.99. The van der Waals surface area contributed by atoms with Crippen molar-refractivity contribution in [1.29, 1.82) is 0 Å². The number of carbonyl (C=O) groups excluding carboxylic acids is 1. The molecule has 0 atom stereocenters. The number of benzene rings is 1. The van der Waals surface area contributed by atoms with Crippen molar-refractivity contribution >= 4 is 11.6 Å². The smallest absolute Gasteiger partial charge is 0.254 e. The van der Waals surface area contributed by atoms with Gasteiger partial charge in [0.05, 0.1) is 6.61 Å². The monoisotopic (exact) mass is 236 g/mol. The molecule has 0 saturated carbocycles. The van der Waals surface area contributed by atoms with Crippen molar-refractivity contribution in [3.05, 3.63) is 29.3 Å². The summed E-state index contributed by atoms with van der Waals surface area (Å²) in [6, 6.07) is 5.36. The van der Waals surface area contributed by atoms with Crippen LogP contribution in [-0.4, -0.2) is 35.1 Å². The van der Waals surface area contributed by atoms with Gasteiger partial charge in [-0.3, -0.25) is 4.79 Å². The van der Waals surface area contributed by atoms with Gasteiger partial charge in [0.15, 0.2) is 0 Å². The number of carbonyl (C=O) groups is 1. The van der Waals surface area contributed by atoms with Crippen LogP contribution in [0.5, 0.6) is 0 Å². The van der Waals surface area contributed by atoms with E-state index in [0.717, 1.165) is 5.56 Å². The molecule has 4 nitrogen and oxygen atoms in total. The molecule has 0 aliphatic carbocycles. The van der Waals surface area contributed by atoms with Crippen LogP contribution in [0.25, 0.3) is 0 Å². The molecule has 0 aliphatic heterocycles. The first-order valence-electron chi connectivity index (χ1n) is 5.76. The molecule has 17 heavy (non-hydrogen) atoms. The Morgan fingerprint density at radius 2 is 2.12 bits per heavy atom. The van der Waals surface area contributed by atoms with Crippen molar-refractivity contribution in [2.24, 2.45) is 0 Å². The molecule has 0 fully saturated rings. The Bertz CT molecular complexity index is 402. The minimum absolute atomic E-state index is 0.0364. The Morgan fingerprint density at radius 1 is 1.47 bits per heavy atom. The van der Waals surface area contributed by atoms with Crippen molar-refractivity contribution in [2.45, 2.75) is 26.8 Å². The average molecular weight is 236 g/mol. The molecule has 0 spiro atoms. The van der Waals surface area contributed by atoms with Crippen LogP contribution in [0.15, 0.2) is 18.2 Å². The third-order valence-corrected chi connectivity index (χ3v) is 2.83. The highest BCUT2D eigenvalue weighted by Gasteiger charge is 2.20. The fourth-order valence-electron chi connectivity index (χ4n) is 1.74. The molecule has 0 saturated heterocycles. The first-order valence-corrected chi connectivity index (χ1v) is 5.76. The number of nitrogens with two attached hydrogens (primary N) is 1. The van der Waals surface area contributed by atoms with Gasteiger partial charge < -0.3 is 15.7 Å². The van der Waals surface area contributed by atoms with Gasteiger partial charge in [-0.1, -0.05) is 6.07 Å². The lowest BCUT2D eigenvalue weighted by atomic mass is 10.1. The van der Waals surface area contributed by atoms with Crippen LogP contribution in [0.2, 0.25) is 0 Å². The van der Waals surface area contributed by atoms with Crippen LogP contribution in [0, 0.1) is 6.92 Å². The molecule has 0 bridgehead atoms. The van der Waals surface area contributed by atoms with E-state index in [1.165, 1.54) is 0 Å². The lowest BCUT2D eigenvalue weighted by Gasteiger charge is -2.26. The lowest BCUT2D eigenvalue weighted by molar-refractivity contribution is 0.0664. The molecule has 0 radical (unpaired) electrons. The van der Waals surface area contributed by atoms with Gasteiger partial charge in [0.2, 0.25) is 0 Å². The minimum Gasteiger partial charge on any atom is -0.398 e. The topological polar surface area (TPSA) is 66.6 Å². The largest absolute Gasteiger partial charge is 0.398 e. The van der Waals surface area contributed by atoms with E-state index < -0.39 is 0 Å². The number of anilines is 1. The number of hydrogen-bond acceptors (Lipinski definition) is 3. The summed E-state index contributed by atoms with van der Waals surface area (Å²) in [7, 11) is 0. The zero-order valence-electron chi connectivity index (χ0n) is 10.6. The zero-order valence-corrected chi connectivity index (χ0v) is 10.6. The predicted molar refractivity (Wildman–Crippen MR) is 68.8 cm³/mol. The maximum absolute atomic E-state index is 12.3. The van der Waals surface area contributed by atoms with E-state index in [4.69, 9.17) is 10.8 Å². The molecule has 1 rings (SSSR count). The Morgan fingerprint density at radius 3 is 2.65 bits per heavy atom. The van der Waals surface area contributed by atoms with Gasteiger partial charge in [-0.15, -0.1) is 0 Å². The molecule has 94 valence electrons. The lowest BCUT2D eigenvalue weighted by Crippen LogP contribution is -2.39. The molecule has 0 aromatic heterocycles. The van der Waals surface area contributed by atoms with E-state index in [2.05, 4.69) is 0 Å². The summed E-state index contributed by atoms with van der Waals surface area (Å²) in [4.78, 5) is 13.9. The minimum atomic E-state index is -0.0844. The van der Waals surface area contributed by atoms with E-state index >= 15 is 0 Å². The van der Waals surface area contributed by atoms with Crippen LogP contribution >= 0.6 is 0 Å². The number of aliphatic hydroxyl groups excluding tert-OH is 1. The number of nitrogen functional groups attached to an aromatic ring is 1. The summed E-state index contributed by atoms with van der Waals surface area (Å²) < 4.78 is 0. The maximum atomic E-state index is 12.3. The van der Waals surface area contributed by atoms with Crippen LogP contribution < -0.4 is 5.73 Å². The van der Waals surface area contributed by atoms with Gasteiger partial charge in [0.25, 0.3) is 5.91 Å². The molecule has 1 amide bonds. The quantitative estimate of drug-likeness (QED) is 0.777. The standard InChI is InChI=1S/C13H20N2O2/c1-9(2)15(7-8-16)13(17)11-5-4-6-12(14)10(11)3/h4-6,9,16H,7-8,14H2,1-3H3. The van der Waals surface area contributed by atoms with E-state index in [9.17, 15) is 4.79 Å². The second-order valence-electron chi connectivity index (χ2n) is 4.34. The summed E-state index contributed by atoms with van der Waals surface area (Å²) in [5.41, 5.74) is 7.80. The van der Waals surface area contributed by atoms with Crippen molar-refractivity contribution in [2.75, 3.05) is 18.9 Å². The maximum Gasteiger partial charge on any atom is 0.254 e. The third-order valence-electron chi connectivity index (χ3n) is 2.83. The van der Waals surface area contributed by atoms with Crippen molar-refractivity contribution in [3.8, 4) is 0 Å². The fourth-order valence-corrected chi connectivity index (χ4v) is 1.74. The van der Waals surface area contributed by atoms with Gasteiger partial charge >= 0.3 is 0 Å². The van der Waals surface area contributed by atoms with Crippen LogP contribution in [0.1, 0.15) is 29.8 Å². The van der Waals surface area contributed by atoms with Crippen LogP contribution in [0.3, 0.4) is 0 Å². The van der Waals surface area contributed by atoms with E-state index in [-0.39, 0.29) is 18.6 Å². The van der Waals surface area contributed by atoms with E-state index in [1.54, 1.807) is 23.1 Å². The third kappa shape index (κ3) is 2.97. The van der Waals surface area contributed by atoms with Crippen molar-refractivity contribution in [1.82, 2.24) is 4.90 Å². The number of aliphatic hydroxyl groups is 1. The average Bonchev–Trinajstić information content (AvgIpc) is 2.28. The molecule has 0 unspecified atom stereocenters. The summed E-state index contributed by atoms with van der Waals surface area (Å²) in [6.45, 7) is 5.99. The number of amides is 1. The van der Waals surface area contributed by atoms with Gasteiger partial charge in [0, 0.05) is 23.8 Å². The van der Waals surface area contributed by atoms with Gasteiger partial charge in [-0.05, 0) is 38.5 Å². The SMILES string of the molecule is Cc1c(N)cccc1C(=O)N(CCO)C(C)C. The molecule has 1 aromatic carbocycles. The number of rotatable bonds is 4. The van der Waals surface area contributed by atoms with Crippen molar-refractivity contribution in [3.63, 3.8) is 0 Å². The molecule has 4 heteroatoms. The first kappa shape index (κ1) is 13.5. The number of hydrogen-bond donors (Lipinski definition) is 2. The normalized spacial score (nSPS) is 10.6. The molecular weight excluding hydrogens is 216 g/mol. The van der Waals surface area contributed by atoms with Crippen LogP contribution in [-0.2, 0) is 0 Å². The first-order chi connectivity index (χ1) is 7.99. The van der Waals surface area contributed by atoms with E-state index in [1.807, 2.05) is 20.8 Å². The number of nitrogens with zero attached hydrogens (tertiary/aromatic N) is 1. The summed E-state index contributed by atoms with van der Waals surface area (Å²) >= 11 is 0. The molecule has 0 aliphatic rings. The summed E-state index contributed by atoms with van der Waals surface area (Å²) in [5.74, 6) is -0.0844. The zero-order chi connectivity index (χ0) is 13.0. The highest BCUT2D eigenvalue weighted by Crippen LogP contribution is 2.18. The fraction of sp³-hybridized carbons (Fsp3) is 0.462. The van der Waals surface area contributed by atoms with Crippen molar-refractivity contribution < 1.29 is 9.90 Å². The highest BCUT2D eigenvalue weighted by molar-refractivity contribution is 5.97. The Kier molecular flexibility index (Phi) is 4.52. The van der Waals surface area contributed by atoms with Gasteiger partial charge in [-0.25, -0.2) is 0 Å². The highest BCUT2D eigenvalue weighted by atomic mass is 16.3. The van der Waals surface area contributed by atoms with Gasteiger partial charge in [-0.2, -0.15) is 0 Å².